The molecule has 5 heteroatoms. The molecule has 1 fully saturated rings. The average molecular weight is 372 g/mol. The number of thiazole rings is 1. The summed E-state index contributed by atoms with van der Waals surface area (Å²) >= 11 is 1.69. The smallest absolute Gasteiger partial charge is 0.232 e. The van der Waals surface area contributed by atoms with E-state index in [0.29, 0.717) is 12.6 Å². The molecular formula is C21H29N3OS. The lowest BCUT2D eigenvalue weighted by Gasteiger charge is -2.29. The van der Waals surface area contributed by atoms with Crippen LogP contribution in [0.2, 0.25) is 0 Å². The fraction of sp³-hybridized carbons (Fsp3) is 0.524. The van der Waals surface area contributed by atoms with Gasteiger partial charge in [-0.3, -0.25) is 4.79 Å². The quantitative estimate of drug-likeness (QED) is 0.715. The molecular weight excluding hydrogens is 342 g/mol. The van der Waals surface area contributed by atoms with Gasteiger partial charge in [-0.25, -0.2) is 4.98 Å². The summed E-state index contributed by atoms with van der Waals surface area (Å²) in [5.74, 6) is 0.118. The first-order valence-corrected chi connectivity index (χ1v) is 10.3. The number of hydrogen-bond donors (Lipinski definition) is 0. The van der Waals surface area contributed by atoms with Crippen LogP contribution in [0.3, 0.4) is 0 Å². The summed E-state index contributed by atoms with van der Waals surface area (Å²) in [5, 5.41) is 3.18. The van der Waals surface area contributed by atoms with Gasteiger partial charge < -0.3 is 9.80 Å². The van der Waals surface area contributed by atoms with E-state index in [0.717, 1.165) is 28.6 Å². The van der Waals surface area contributed by atoms with Crippen LogP contribution in [0, 0.1) is 12.3 Å². The third-order valence-corrected chi connectivity index (χ3v) is 5.56. The molecule has 1 aliphatic rings. The molecule has 140 valence electrons. The Kier molecular flexibility index (Phi) is 5.37. The van der Waals surface area contributed by atoms with Crippen LogP contribution in [0.4, 0.5) is 10.8 Å². The van der Waals surface area contributed by atoms with Gasteiger partial charge in [0.2, 0.25) is 5.91 Å². The molecule has 1 aromatic heterocycles. The van der Waals surface area contributed by atoms with Crippen LogP contribution in [-0.4, -0.2) is 23.5 Å². The maximum absolute atomic E-state index is 13.1. The van der Waals surface area contributed by atoms with E-state index in [4.69, 9.17) is 4.98 Å². The van der Waals surface area contributed by atoms with Gasteiger partial charge >= 0.3 is 0 Å². The molecule has 0 unspecified atom stereocenters. The summed E-state index contributed by atoms with van der Waals surface area (Å²) in [6, 6.07) is 8.79. The third kappa shape index (κ3) is 4.26. The molecule has 0 saturated heterocycles. The zero-order chi connectivity index (χ0) is 18.9. The lowest BCUT2D eigenvalue weighted by Crippen LogP contribution is -2.39. The molecule has 1 aliphatic carbocycles. The number of anilines is 2. The summed E-state index contributed by atoms with van der Waals surface area (Å²) in [4.78, 5) is 22.2. The minimum Gasteiger partial charge on any atom is -0.345 e. The maximum atomic E-state index is 13.1. The first-order valence-electron chi connectivity index (χ1n) is 9.39. The SMILES string of the molecule is CCN(c1nc(CN(C(=O)C(C)(C)C)c2cccc(C)c2)cs1)C1CC1. The van der Waals surface area contributed by atoms with Gasteiger partial charge in [0, 0.05) is 29.1 Å². The molecule has 1 saturated carbocycles. The number of aryl methyl sites for hydroxylation is 1. The highest BCUT2D eigenvalue weighted by Crippen LogP contribution is 2.34. The van der Waals surface area contributed by atoms with Crippen molar-refractivity contribution in [3.05, 3.63) is 40.9 Å². The molecule has 2 aromatic rings. The van der Waals surface area contributed by atoms with Gasteiger partial charge in [0.05, 0.1) is 12.2 Å². The van der Waals surface area contributed by atoms with Crippen LogP contribution >= 0.6 is 11.3 Å². The van der Waals surface area contributed by atoms with E-state index in [2.05, 4.69) is 36.3 Å². The summed E-state index contributed by atoms with van der Waals surface area (Å²) in [6.45, 7) is 11.6. The molecule has 26 heavy (non-hydrogen) atoms. The van der Waals surface area contributed by atoms with Gasteiger partial charge in [0.25, 0.3) is 0 Å². The minimum atomic E-state index is -0.438. The minimum absolute atomic E-state index is 0.118. The Morgan fingerprint density at radius 1 is 1.31 bits per heavy atom. The highest BCUT2D eigenvalue weighted by Gasteiger charge is 2.31. The number of carbonyl (C=O) groups is 1. The number of benzene rings is 1. The Bertz CT molecular complexity index is 774. The van der Waals surface area contributed by atoms with Gasteiger partial charge in [-0.1, -0.05) is 32.9 Å². The van der Waals surface area contributed by atoms with Gasteiger partial charge in [-0.05, 0) is 44.4 Å². The summed E-state index contributed by atoms with van der Waals surface area (Å²) < 4.78 is 0. The van der Waals surface area contributed by atoms with E-state index in [1.807, 2.05) is 37.8 Å². The second kappa shape index (κ2) is 7.39. The Morgan fingerprint density at radius 3 is 2.62 bits per heavy atom. The molecule has 1 aromatic carbocycles. The highest BCUT2D eigenvalue weighted by atomic mass is 32.1. The predicted octanol–water partition coefficient (Wildman–Crippen LogP) is 5.02. The van der Waals surface area contributed by atoms with Gasteiger partial charge in [0.1, 0.15) is 0 Å². The van der Waals surface area contributed by atoms with Crippen LogP contribution in [0.5, 0.6) is 0 Å². The average Bonchev–Trinajstić information content (AvgIpc) is 3.30. The topological polar surface area (TPSA) is 36.4 Å². The van der Waals surface area contributed by atoms with Crippen molar-refractivity contribution in [1.82, 2.24) is 4.98 Å². The molecule has 3 rings (SSSR count). The van der Waals surface area contributed by atoms with E-state index in [1.165, 1.54) is 12.8 Å². The normalized spacial score (nSPS) is 14.3. The highest BCUT2D eigenvalue weighted by molar-refractivity contribution is 7.13. The summed E-state index contributed by atoms with van der Waals surface area (Å²) in [5.41, 5.74) is 2.61. The number of carbonyl (C=O) groups excluding carboxylic acids is 1. The van der Waals surface area contributed by atoms with Crippen LogP contribution < -0.4 is 9.80 Å². The second-order valence-electron chi connectivity index (χ2n) is 8.12. The van der Waals surface area contributed by atoms with Crippen LogP contribution in [0.25, 0.3) is 0 Å². The van der Waals surface area contributed by atoms with Crippen molar-refractivity contribution in [2.45, 2.75) is 60.0 Å². The van der Waals surface area contributed by atoms with Crippen molar-refractivity contribution in [2.75, 3.05) is 16.3 Å². The largest absolute Gasteiger partial charge is 0.345 e. The number of aromatic nitrogens is 1. The predicted molar refractivity (Wildman–Crippen MR) is 110 cm³/mol. The number of amides is 1. The third-order valence-electron chi connectivity index (χ3n) is 4.63. The van der Waals surface area contributed by atoms with Gasteiger partial charge in [-0.2, -0.15) is 0 Å². The van der Waals surface area contributed by atoms with Crippen LogP contribution in [0.15, 0.2) is 29.6 Å². The van der Waals surface area contributed by atoms with E-state index < -0.39 is 5.41 Å². The van der Waals surface area contributed by atoms with Crippen molar-refractivity contribution in [2.24, 2.45) is 5.41 Å². The molecule has 1 amide bonds. The second-order valence-corrected chi connectivity index (χ2v) is 8.96. The van der Waals surface area contributed by atoms with Crippen molar-refractivity contribution >= 4 is 28.1 Å². The van der Waals surface area contributed by atoms with E-state index >= 15 is 0 Å². The Balaban J connectivity index is 1.86. The Labute approximate surface area is 160 Å². The molecule has 0 spiro atoms. The molecule has 1 heterocycles. The lowest BCUT2D eigenvalue weighted by molar-refractivity contribution is -0.125. The van der Waals surface area contributed by atoms with E-state index in [-0.39, 0.29) is 5.91 Å². The van der Waals surface area contributed by atoms with Gasteiger partial charge in [0.15, 0.2) is 5.13 Å². The first kappa shape index (κ1) is 18.9. The zero-order valence-corrected chi connectivity index (χ0v) is 17.3. The monoisotopic (exact) mass is 371 g/mol. The fourth-order valence-electron chi connectivity index (χ4n) is 3.08. The molecule has 0 bridgehead atoms. The number of hydrogen-bond acceptors (Lipinski definition) is 4. The fourth-order valence-corrected chi connectivity index (χ4v) is 4.03. The summed E-state index contributed by atoms with van der Waals surface area (Å²) in [7, 11) is 0. The van der Waals surface area contributed by atoms with E-state index in [1.54, 1.807) is 11.3 Å². The first-order chi connectivity index (χ1) is 12.3. The van der Waals surface area contributed by atoms with Crippen molar-refractivity contribution < 1.29 is 4.79 Å². The molecule has 0 radical (unpaired) electrons. The van der Waals surface area contributed by atoms with Gasteiger partial charge in [-0.15, -0.1) is 11.3 Å². The molecule has 0 atom stereocenters. The van der Waals surface area contributed by atoms with Crippen LogP contribution in [0.1, 0.15) is 51.8 Å². The standard InChI is InChI=1S/C21H29N3OS/c1-6-23(17-10-11-17)20-22-16(14-26-20)13-24(19(25)21(3,4)5)18-9-7-8-15(2)12-18/h7-9,12,14,17H,6,10-11,13H2,1-5H3. The summed E-state index contributed by atoms with van der Waals surface area (Å²) in [6.07, 6.45) is 2.53. The lowest BCUT2D eigenvalue weighted by atomic mass is 9.94. The van der Waals surface area contributed by atoms with Crippen LogP contribution in [-0.2, 0) is 11.3 Å². The molecule has 0 N–H and O–H groups in total. The number of nitrogens with zero attached hydrogens (tertiary/aromatic N) is 3. The Morgan fingerprint density at radius 2 is 2.04 bits per heavy atom. The maximum Gasteiger partial charge on any atom is 0.232 e. The van der Waals surface area contributed by atoms with Crippen molar-refractivity contribution in [3.63, 3.8) is 0 Å². The molecule has 4 nitrogen and oxygen atoms in total. The Hall–Kier alpha value is -1.88. The number of rotatable bonds is 6. The zero-order valence-electron chi connectivity index (χ0n) is 16.5. The van der Waals surface area contributed by atoms with E-state index in [9.17, 15) is 4.79 Å². The van der Waals surface area contributed by atoms with Crippen molar-refractivity contribution in [1.29, 1.82) is 0 Å². The molecule has 0 aliphatic heterocycles. The van der Waals surface area contributed by atoms with Crippen molar-refractivity contribution in [3.8, 4) is 0 Å².